The molecule has 8 nitrogen and oxygen atoms in total. The molecule has 0 spiro atoms. The Bertz CT molecular complexity index is 1200. The van der Waals surface area contributed by atoms with Crippen LogP contribution >= 0.6 is 0 Å². The van der Waals surface area contributed by atoms with Crippen LogP contribution in [0.4, 0.5) is 4.79 Å². The number of fused-ring (bicyclic) bond motifs is 3. The van der Waals surface area contributed by atoms with Crippen LogP contribution in [0, 0.1) is 0 Å². The summed E-state index contributed by atoms with van der Waals surface area (Å²) in [7, 11) is -3.78. The predicted molar refractivity (Wildman–Crippen MR) is 134 cm³/mol. The van der Waals surface area contributed by atoms with Gasteiger partial charge in [0, 0.05) is 12.5 Å². The van der Waals surface area contributed by atoms with Gasteiger partial charge in [0.1, 0.15) is 6.61 Å². The van der Waals surface area contributed by atoms with Crippen molar-refractivity contribution in [3.8, 4) is 11.1 Å². The second-order valence-corrected chi connectivity index (χ2v) is 9.68. The van der Waals surface area contributed by atoms with Crippen molar-refractivity contribution in [3.63, 3.8) is 0 Å². The minimum absolute atomic E-state index is 0.0169. The van der Waals surface area contributed by atoms with E-state index in [9.17, 15) is 13.2 Å². The normalized spacial score (nSPS) is 12.7. The van der Waals surface area contributed by atoms with Crippen molar-refractivity contribution >= 4 is 16.2 Å². The van der Waals surface area contributed by atoms with Gasteiger partial charge in [-0.2, -0.15) is 8.42 Å². The van der Waals surface area contributed by atoms with Crippen molar-refractivity contribution in [3.05, 3.63) is 90.0 Å². The number of amides is 1. The molecule has 0 radical (unpaired) electrons. The van der Waals surface area contributed by atoms with E-state index in [-0.39, 0.29) is 37.2 Å². The van der Waals surface area contributed by atoms with Crippen LogP contribution in [0.5, 0.6) is 0 Å². The van der Waals surface area contributed by atoms with Gasteiger partial charge >= 0.3 is 6.09 Å². The number of hydrogen-bond donors (Lipinski definition) is 1. The fraction of sp³-hybridized carbons (Fsp3) is 0.296. The SMILES string of the molecule is O=C(NCCOCCOCCOS(=O)(=O)c1ccccc1)OCC1c2ccccc2-c2ccccc21. The van der Waals surface area contributed by atoms with Gasteiger partial charge < -0.3 is 19.5 Å². The van der Waals surface area contributed by atoms with Crippen LogP contribution in [0.15, 0.2) is 83.8 Å². The van der Waals surface area contributed by atoms with Gasteiger partial charge in [0.25, 0.3) is 10.1 Å². The molecule has 36 heavy (non-hydrogen) atoms. The zero-order chi connectivity index (χ0) is 25.2. The van der Waals surface area contributed by atoms with Gasteiger partial charge in [-0.25, -0.2) is 4.79 Å². The number of ether oxygens (including phenoxy) is 3. The van der Waals surface area contributed by atoms with Gasteiger partial charge in [0.2, 0.25) is 0 Å². The van der Waals surface area contributed by atoms with Gasteiger partial charge in [-0.05, 0) is 34.4 Å². The summed E-state index contributed by atoms with van der Waals surface area (Å²) in [6.45, 7) is 1.48. The second kappa shape index (κ2) is 12.6. The van der Waals surface area contributed by atoms with E-state index >= 15 is 0 Å². The maximum absolute atomic E-state index is 12.1. The third-order valence-corrected chi connectivity index (χ3v) is 7.06. The molecule has 0 aromatic heterocycles. The minimum Gasteiger partial charge on any atom is -0.449 e. The van der Waals surface area contributed by atoms with Crippen LogP contribution < -0.4 is 5.32 Å². The number of alkyl carbamates (subject to hydrolysis) is 1. The average molecular weight is 512 g/mol. The van der Waals surface area contributed by atoms with Crippen molar-refractivity contribution in [2.45, 2.75) is 10.8 Å². The van der Waals surface area contributed by atoms with E-state index in [0.717, 1.165) is 11.1 Å². The molecule has 1 amide bonds. The third kappa shape index (κ3) is 6.70. The van der Waals surface area contributed by atoms with E-state index in [1.165, 1.54) is 23.3 Å². The quantitative estimate of drug-likeness (QED) is 0.274. The highest BCUT2D eigenvalue weighted by molar-refractivity contribution is 7.86. The van der Waals surface area contributed by atoms with Crippen molar-refractivity contribution in [1.29, 1.82) is 0 Å². The zero-order valence-electron chi connectivity index (χ0n) is 19.8. The smallest absolute Gasteiger partial charge is 0.407 e. The molecule has 0 bridgehead atoms. The van der Waals surface area contributed by atoms with Gasteiger partial charge in [-0.3, -0.25) is 4.18 Å². The Balaban J connectivity index is 1.05. The number of rotatable bonds is 13. The first kappa shape index (κ1) is 25.8. The Labute approximate surface area is 211 Å². The van der Waals surface area contributed by atoms with E-state index in [4.69, 9.17) is 18.4 Å². The number of carbonyl (C=O) groups is 1. The molecule has 3 aromatic carbocycles. The summed E-state index contributed by atoms with van der Waals surface area (Å²) in [6.07, 6.45) is -0.492. The molecule has 0 saturated heterocycles. The summed E-state index contributed by atoms with van der Waals surface area (Å²) in [5, 5.41) is 2.68. The van der Waals surface area contributed by atoms with Gasteiger partial charge in [-0.1, -0.05) is 66.7 Å². The van der Waals surface area contributed by atoms with Crippen molar-refractivity contribution in [1.82, 2.24) is 5.32 Å². The highest BCUT2D eigenvalue weighted by Gasteiger charge is 2.28. The minimum atomic E-state index is -3.78. The predicted octanol–water partition coefficient (Wildman–Crippen LogP) is 3.96. The first-order valence-electron chi connectivity index (χ1n) is 11.7. The van der Waals surface area contributed by atoms with Crippen molar-refractivity contribution in [2.24, 2.45) is 0 Å². The first-order valence-corrected chi connectivity index (χ1v) is 13.2. The average Bonchev–Trinajstić information content (AvgIpc) is 3.22. The Morgan fingerprint density at radius 1 is 0.722 bits per heavy atom. The van der Waals surface area contributed by atoms with Crippen LogP contribution in [0.1, 0.15) is 17.0 Å². The van der Waals surface area contributed by atoms with E-state index < -0.39 is 16.2 Å². The molecule has 0 heterocycles. The molecule has 3 aromatic rings. The summed E-state index contributed by atoms with van der Waals surface area (Å²) in [5.74, 6) is 0.0169. The van der Waals surface area contributed by atoms with E-state index in [1.54, 1.807) is 18.2 Å². The van der Waals surface area contributed by atoms with E-state index in [2.05, 4.69) is 29.6 Å². The van der Waals surface area contributed by atoms with Crippen LogP contribution in [-0.2, 0) is 28.5 Å². The Morgan fingerprint density at radius 2 is 1.28 bits per heavy atom. The molecule has 4 rings (SSSR count). The topological polar surface area (TPSA) is 100 Å². The molecule has 0 atom stereocenters. The lowest BCUT2D eigenvalue weighted by Gasteiger charge is -2.14. The highest BCUT2D eigenvalue weighted by Crippen LogP contribution is 2.44. The zero-order valence-corrected chi connectivity index (χ0v) is 20.6. The largest absolute Gasteiger partial charge is 0.449 e. The standard InChI is InChI=1S/C27H29NO7S/c29-27(34-20-26-24-12-6-4-10-22(24)23-11-5-7-13-25(23)26)28-14-15-32-16-17-33-18-19-35-36(30,31)21-8-2-1-3-9-21/h1-13,26H,14-20H2,(H,28,29). The molecular weight excluding hydrogens is 482 g/mol. The van der Waals surface area contributed by atoms with Crippen LogP contribution in [0.25, 0.3) is 11.1 Å². The fourth-order valence-corrected chi connectivity index (χ4v) is 4.97. The molecule has 0 saturated carbocycles. The van der Waals surface area contributed by atoms with Crippen LogP contribution in [0.2, 0.25) is 0 Å². The van der Waals surface area contributed by atoms with Crippen molar-refractivity contribution in [2.75, 3.05) is 46.2 Å². The number of hydrogen-bond acceptors (Lipinski definition) is 7. The molecule has 9 heteroatoms. The maximum Gasteiger partial charge on any atom is 0.407 e. The van der Waals surface area contributed by atoms with Crippen LogP contribution in [-0.4, -0.2) is 60.7 Å². The monoisotopic (exact) mass is 511 g/mol. The first-order chi connectivity index (χ1) is 17.6. The van der Waals surface area contributed by atoms with Crippen molar-refractivity contribution < 1.29 is 31.6 Å². The van der Waals surface area contributed by atoms with E-state index in [1.807, 2.05) is 24.3 Å². The molecule has 1 N–H and O–H groups in total. The lowest BCUT2D eigenvalue weighted by atomic mass is 9.98. The lowest BCUT2D eigenvalue weighted by molar-refractivity contribution is 0.0377. The van der Waals surface area contributed by atoms with Gasteiger partial charge in [-0.15, -0.1) is 0 Å². The Morgan fingerprint density at radius 3 is 1.94 bits per heavy atom. The van der Waals surface area contributed by atoms with Gasteiger partial charge in [0.05, 0.1) is 37.9 Å². The molecule has 190 valence electrons. The summed E-state index contributed by atoms with van der Waals surface area (Å²) in [4.78, 5) is 12.2. The second-order valence-electron chi connectivity index (χ2n) is 8.07. The highest BCUT2D eigenvalue weighted by atomic mass is 32.2. The molecule has 1 aliphatic rings. The number of carbonyl (C=O) groups excluding carboxylic acids is 1. The lowest BCUT2D eigenvalue weighted by Crippen LogP contribution is -2.29. The fourth-order valence-electron chi connectivity index (χ4n) is 4.05. The molecule has 0 aliphatic heterocycles. The molecule has 1 aliphatic carbocycles. The van der Waals surface area contributed by atoms with Crippen LogP contribution in [0.3, 0.4) is 0 Å². The number of benzene rings is 3. The van der Waals surface area contributed by atoms with Gasteiger partial charge in [0.15, 0.2) is 0 Å². The summed E-state index contributed by atoms with van der Waals surface area (Å²) < 4.78 is 45.1. The molecule has 0 unspecified atom stereocenters. The third-order valence-electron chi connectivity index (χ3n) is 5.73. The summed E-state index contributed by atoms with van der Waals surface area (Å²) in [5.41, 5.74) is 4.69. The summed E-state index contributed by atoms with van der Waals surface area (Å²) in [6, 6.07) is 24.3. The molecular formula is C27H29NO7S. The molecule has 0 fully saturated rings. The maximum atomic E-state index is 12.1. The van der Waals surface area contributed by atoms with E-state index in [0.29, 0.717) is 19.8 Å². The Kier molecular flexibility index (Phi) is 9.07. The number of nitrogens with one attached hydrogen (secondary N) is 1. The summed E-state index contributed by atoms with van der Waals surface area (Å²) >= 11 is 0. The Hall–Kier alpha value is -3.24.